The van der Waals surface area contributed by atoms with E-state index in [0.29, 0.717) is 0 Å². The van der Waals surface area contributed by atoms with Crippen molar-refractivity contribution in [2.45, 2.75) is 33.2 Å². The van der Waals surface area contributed by atoms with Gasteiger partial charge in [0.05, 0.1) is 0 Å². The highest BCUT2D eigenvalue weighted by Crippen LogP contribution is 2.22. The Kier molecular flexibility index (Phi) is 4.74. The molecule has 0 aliphatic heterocycles. The van der Waals surface area contributed by atoms with E-state index in [1.54, 1.807) is 17.7 Å². The molecule has 0 spiro atoms. The lowest BCUT2D eigenvalue weighted by Gasteiger charge is -2.13. The van der Waals surface area contributed by atoms with Gasteiger partial charge in [0.25, 0.3) is 0 Å². The van der Waals surface area contributed by atoms with Crippen molar-refractivity contribution in [1.29, 1.82) is 0 Å². The van der Waals surface area contributed by atoms with Crippen LogP contribution in [0.1, 0.15) is 30.0 Å². The summed E-state index contributed by atoms with van der Waals surface area (Å²) in [7, 11) is 1.90. The summed E-state index contributed by atoms with van der Waals surface area (Å²) in [6, 6.07) is 0. The number of aromatic nitrogens is 2. The number of thiophene rings is 1. The summed E-state index contributed by atoms with van der Waals surface area (Å²) in [6.45, 7) is 5.12. The Morgan fingerprint density at radius 3 is 2.63 bits per heavy atom. The molecular formula is C14H20N4S. The number of nitrogens with one attached hydrogen (secondary N) is 2. The van der Waals surface area contributed by atoms with E-state index in [4.69, 9.17) is 0 Å². The van der Waals surface area contributed by atoms with E-state index >= 15 is 0 Å². The van der Waals surface area contributed by atoms with Crippen molar-refractivity contribution in [1.82, 2.24) is 9.97 Å². The maximum absolute atomic E-state index is 4.38. The van der Waals surface area contributed by atoms with E-state index in [9.17, 15) is 0 Å². The topological polar surface area (TPSA) is 49.8 Å². The third-order valence-corrected chi connectivity index (χ3v) is 4.00. The van der Waals surface area contributed by atoms with Crippen LogP contribution in [0.3, 0.4) is 0 Å². The summed E-state index contributed by atoms with van der Waals surface area (Å²) in [4.78, 5) is 8.66. The molecule has 5 heteroatoms. The lowest BCUT2D eigenvalue weighted by molar-refractivity contribution is 0.898. The fraction of sp³-hybridized carbons (Fsp3) is 0.429. The van der Waals surface area contributed by atoms with Gasteiger partial charge in [-0.1, -0.05) is 13.3 Å². The Morgan fingerprint density at radius 2 is 2.00 bits per heavy atom. The molecule has 0 saturated heterocycles. The molecule has 2 N–H and O–H groups in total. The van der Waals surface area contributed by atoms with Gasteiger partial charge in [0.15, 0.2) is 0 Å². The zero-order chi connectivity index (χ0) is 13.7. The Bertz CT molecular complexity index is 536. The quantitative estimate of drug-likeness (QED) is 0.848. The Labute approximate surface area is 118 Å². The average molecular weight is 276 g/mol. The number of rotatable bonds is 6. The summed E-state index contributed by atoms with van der Waals surface area (Å²) in [5.74, 6) is 1.85. The number of anilines is 2. The summed E-state index contributed by atoms with van der Waals surface area (Å²) >= 11 is 1.74. The molecule has 2 aromatic rings. The second-order valence-corrected chi connectivity index (χ2v) is 5.23. The molecule has 2 rings (SSSR count). The molecular weight excluding hydrogens is 256 g/mol. The predicted molar refractivity (Wildman–Crippen MR) is 82.0 cm³/mol. The van der Waals surface area contributed by atoms with Crippen molar-refractivity contribution in [2.75, 3.05) is 17.7 Å². The van der Waals surface area contributed by atoms with Crippen molar-refractivity contribution in [3.05, 3.63) is 33.8 Å². The second kappa shape index (κ2) is 6.52. The molecule has 0 amide bonds. The minimum absolute atomic E-state index is 0.812. The lowest BCUT2D eigenvalue weighted by Crippen LogP contribution is -2.08. The molecule has 0 atom stereocenters. The van der Waals surface area contributed by atoms with E-state index in [2.05, 4.69) is 45.2 Å². The largest absolute Gasteiger partial charge is 0.373 e. The van der Waals surface area contributed by atoms with Crippen LogP contribution in [0.15, 0.2) is 17.1 Å². The standard InChI is InChI=1S/C14H20N4S/c1-4-5-12-13(15-3)17-9-18-14(12)16-6-11-8-19-7-10(11)2/h7-9H,4-6H2,1-3H3,(H2,15,16,17,18). The van der Waals surface area contributed by atoms with Gasteiger partial charge in [-0.3, -0.25) is 0 Å². The zero-order valence-electron chi connectivity index (χ0n) is 11.7. The molecule has 19 heavy (non-hydrogen) atoms. The van der Waals surface area contributed by atoms with Crippen molar-refractivity contribution in [3.8, 4) is 0 Å². The molecule has 0 saturated carbocycles. The highest BCUT2D eigenvalue weighted by atomic mass is 32.1. The molecule has 0 aromatic carbocycles. The van der Waals surface area contributed by atoms with Gasteiger partial charge in [-0.2, -0.15) is 11.3 Å². The highest BCUT2D eigenvalue weighted by molar-refractivity contribution is 7.08. The maximum Gasteiger partial charge on any atom is 0.134 e. The summed E-state index contributed by atoms with van der Waals surface area (Å²) in [6.07, 6.45) is 3.66. The van der Waals surface area contributed by atoms with Crippen LogP contribution in [0.2, 0.25) is 0 Å². The maximum atomic E-state index is 4.38. The molecule has 2 aromatic heterocycles. The van der Waals surface area contributed by atoms with E-state index in [0.717, 1.165) is 31.0 Å². The highest BCUT2D eigenvalue weighted by Gasteiger charge is 2.10. The number of nitrogens with zero attached hydrogens (tertiary/aromatic N) is 2. The van der Waals surface area contributed by atoms with Crippen molar-refractivity contribution in [2.24, 2.45) is 0 Å². The fourth-order valence-corrected chi connectivity index (χ4v) is 2.87. The minimum Gasteiger partial charge on any atom is -0.373 e. The fourth-order valence-electron chi connectivity index (χ4n) is 2.01. The van der Waals surface area contributed by atoms with Gasteiger partial charge in [-0.05, 0) is 35.2 Å². The van der Waals surface area contributed by atoms with E-state index in [1.807, 2.05) is 7.05 Å². The van der Waals surface area contributed by atoms with E-state index in [-0.39, 0.29) is 0 Å². The van der Waals surface area contributed by atoms with Gasteiger partial charge in [0, 0.05) is 19.2 Å². The minimum atomic E-state index is 0.812. The SMILES string of the molecule is CCCc1c(NC)ncnc1NCc1cscc1C. The zero-order valence-corrected chi connectivity index (χ0v) is 12.5. The smallest absolute Gasteiger partial charge is 0.134 e. The van der Waals surface area contributed by atoms with Crippen LogP contribution in [0.25, 0.3) is 0 Å². The number of aryl methyl sites for hydroxylation is 1. The Balaban J connectivity index is 2.17. The first-order valence-corrected chi connectivity index (χ1v) is 7.47. The van der Waals surface area contributed by atoms with Crippen LogP contribution in [0, 0.1) is 6.92 Å². The van der Waals surface area contributed by atoms with Gasteiger partial charge in [0.2, 0.25) is 0 Å². The van der Waals surface area contributed by atoms with Crippen LogP contribution >= 0.6 is 11.3 Å². The molecule has 4 nitrogen and oxygen atoms in total. The first kappa shape index (κ1) is 13.8. The third kappa shape index (κ3) is 3.23. The molecule has 0 fully saturated rings. The number of hydrogen-bond acceptors (Lipinski definition) is 5. The van der Waals surface area contributed by atoms with Crippen LogP contribution in [0.5, 0.6) is 0 Å². The van der Waals surface area contributed by atoms with Gasteiger partial charge in [-0.25, -0.2) is 9.97 Å². The van der Waals surface area contributed by atoms with Crippen molar-refractivity contribution < 1.29 is 0 Å². The van der Waals surface area contributed by atoms with Gasteiger partial charge < -0.3 is 10.6 Å². The van der Waals surface area contributed by atoms with Crippen molar-refractivity contribution >= 4 is 23.0 Å². The molecule has 0 unspecified atom stereocenters. The van der Waals surface area contributed by atoms with Crippen LogP contribution in [-0.2, 0) is 13.0 Å². The molecule has 0 aliphatic rings. The Morgan fingerprint density at radius 1 is 1.21 bits per heavy atom. The van der Waals surface area contributed by atoms with E-state index < -0.39 is 0 Å². The molecule has 0 aliphatic carbocycles. The normalized spacial score (nSPS) is 10.5. The van der Waals surface area contributed by atoms with Crippen LogP contribution < -0.4 is 10.6 Å². The molecule has 0 radical (unpaired) electrons. The molecule has 102 valence electrons. The first-order valence-electron chi connectivity index (χ1n) is 6.53. The third-order valence-electron chi connectivity index (χ3n) is 3.09. The summed E-state index contributed by atoms with van der Waals surface area (Å²) in [5, 5.41) is 10.9. The van der Waals surface area contributed by atoms with Crippen LogP contribution in [-0.4, -0.2) is 17.0 Å². The van der Waals surface area contributed by atoms with Gasteiger partial charge in [-0.15, -0.1) is 0 Å². The molecule has 2 heterocycles. The van der Waals surface area contributed by atoms with E-state index in [1.165, 1.54) is 16.7 Å². The number of hydrogen-bond donors (Lipinski definition) is 2. The summed E-state index contributed by atoms with van der Waals surface area (Å²) < 4.78 is 0. The first-order chi connectivity index (χ1) is 9.26. The van der Waals surface area contributed by atoms with Crippen LogP contribution in [0.4, 0.5) is 11.6 Å². The van der Waals surface area contributed by atoms with Crippen molar-refractivity contribution in [3.63, 3.8) is 0 Å². The molecule has 0 bridgehead atoms. The lowest BCUT2D eigenvalue weighted by atomic mass is 10.1. The monoisotopic (exact) mass is 276 g/mol. The van der Waals surface area contributed by atoms with Gasteiger partial charge >= 0.3 is 0 Å². The predicted octanol–water partition coefficient (Wildman–Crippen LogP) is 3.45. The Hall–Kier alpha value is -1.62. The summed E-state index contributed by atoms with van der Waals surface area (Å²) in [5.41, 5.74) is 3.83. The average Bonchev–Trinajstić information content (AvgIpc) is 2.83. The van der Waals surface area contributed by atoms with Gasteiger partial charge in [0.1, 0.15) is 18.0 Å². The second-order valence-electron chi connectivity index (χ2n) is 4.48.